The zero-order valence-corrected chi connectivity index (χ0v) is 12.3. The van der Waals surface area contributed by atoms with Crippen molar-refractivity contribution >= 4 is 33.7 Å². The Morgan fingerprint density at radius 1 is 1.37 bits per heavy atom. The van der Waals surface area contributed by atoms with Gasteiger partial charge in [0.05, 0.1) is 5.69 Å². The average molecular weight is 292 g/mol. The number of hydrogen-bond acceptors (Lipinski definition) is 4. The van der Waals surface area contributed by atoms with Crippen LogP contribution in [0.2, 0.25) is 0 Å². The SMILES string of the molecule is O=C(CCc1cccs1)Nc1nc2c(s1)CCCC2. The Morgan fingerprint density at radius 2 is 2.26 bits per heavy atom. The van der Waals surface area contributed by atoms with E-state index in [4.69, 9.17) is 0 Å². The van der Waals surface area contributed by atoms with Crippen LogP contribution in [0.25, 0.3) is 0 Å². The standard InChI is InChI=1S/C14H16N2OS2/c17-13(8-7-10-4-3-9-18-10)16-14-15-11-5-1-2-6-12(11)19-14/h3-4,9H,1-2,5-8H2,(H,15,16,17). The number of thiazole rings is 1. The molecule has 0 fully saturated rings. The second-order valence-corrected chi connectivity index (χ2v) is 6.84. The molecule has 1 aliphatic rings. The van der Waals surface area contributed by atoms with E-state index in [0.717, 1.165) is 24.4 Å². The third-order valence-electron chi connectivity index (χ3n) is 3.27. The highest BCUT2D eigenvalue weighted by Gasteiger charge is 2.16. The fourth-order valence-electron chi connectivity index (χ4n) is 2.28. The Morgan fingerprint density at radius 3 is 3.05 bits per heavy atom. The minimum Gasteiger partial charge on any atom is -0.302 e. The van der Waals surface area contributed by atoms with Crippen LogP contribution in [0.5, 0.6) is 0 Å². The van der Waals surface area contributed by atoms with Gasteiger partial charge in [0.2, 0.25) is 5.91 Å². The Kier molecular flexibility index (Phi) is 3.94. The van der Waals surface area contributed by atoms with Gasteiger partial charge >= 0.3 is 0 Å². The maximum atomic E-state index is 11.9. The molecule has 2 heterocycles. The van der Waals surface area contributed by atoms with E-state index < -0.39 is 0 Å². The molecule has 0 spiro atoms. The lowest BCUT2D eigenvalue weighted by atomic mass is 10.0. The molecule has 100 valence electrons. The predicted molar refractivity (Wildman–Crippen MR) is 80.0 cm³/mol. The number of thiophene rings is 1. The number of nitrogens with one attached hydrogen (secondary N) is 1. The summed E-state index contributed by atoms with van der Waals surface area (Å²) in [4.78, 5) is 19.0. The summed E-state index contributed by atoms with van der Waals surface area (Å²) >= 11 is 3.35. The van der Waals surface area contributed by atoms with E-state index in [2.05, 4.69) is 16.4 Å². The minimum absolute atomic E-state index is 0.0690. The molecule has 0 aliphatic heterocycles. The molecule has 1 amide bonds. The quantitative estimate of drug-likeness (QED) is 0.934. The lowest BCUT2D eigenvalue weighted by Gasteiger charge is -2.06. The molecule has 0 saturated carbocycles. The van der Waals surface area contributed by atoms with Crippen molar-refractivity contribution in [2.75, 3.05) is 5.32 Å². The largest absolute Gasteiger partial charge is 0.302 e. The molecule has 5 heteroatoms. The van der Waals surface area contributed by atoms with E-state index in [-0.39, 0.29) is 5.91 Å². The number of carbonyl (C=O) groups is 1. The maximum absolute atomic E-state index is 11.9. The monoisotopic (exact) mass is 292 g/mol. The van der Waals surface area contributed by atoms with Crippen LogP contribution in [0.4, 0.5) is 5.13 Å². The third kappa shape index (κ3) is 3.22. The van der Waals surface area contributed by atoms with Gasteiger partial charge in [-0.15, -0.1) is 22.7 Å². The molecule has 0 saturated heterocycles. The van der Waals surface area contributed by atoms with Crippen LogP contribution in [0, 0.1) is 0 Å². The van der Waals surface area contributed by atoms with E-state index in [1.165, 1.54) is 28.3 Å². The predicted octanol–water partition coefficient (Wildman–Crippen LogP) is 3.65. The van der Waals surface area contributed by atoms with Gasteiger partial charge < -0.3 is 5.32 Å². The van der Waals surface area contributed by atoms with Gasteiger partial charge in [-0.25, -0.2) is 4.98 Å². The summed E-state index contributed by atoms with van der Waals surface area (Å²) in [6, 6.07) is 4.09. The number of aromatic nitrogens is 1. The first-order chi connectivity index (χ1) is 9.31. The lowest BCUT2D eigenvalue weighted by Crippen LogP contribution is -2.11. The molecular weight excluding hydrogens is 276 g/mol. The summed E-state index contributed by atoms with van der Waals surface area (Å²) in [6.07, 6.45) is 6.01. The minimum atomic E-state index is 0.0690. The fraction of sp³-hybridized carbons (Fsp3) is 0.429. The second-order valence-electron chi connectivity index (χ2n) is 4.72. The van der Waals surface area contributed by atoms with E-state index in [9.17, 15) is 4.79 Å². The summed E-state index contributed by atoms with van der Waals surface area (Å²) in [7, 11) is 0. The Labute approximate surface area is 120 Å². The van der Waals surface area contributed by atoms with Crippen molar-refractivity contribution < 1.29 is 4.79 Å². The maximum Gasteiger partial charge on any atom is 0.226 e. The van der Waals surface area contributed by atoms with Crippen molar-refractivity contribution in [2.24, 2.45) is 0 Å². The average Bonchev–Trinajstić information content (AvgIpc) is 3.04. The topological polar surface area (TPSA) is 42.0 Å². The molecule has 3 rings (SSSR count). The molecule has 2 aromatic rings. The van der Waals surface area contributed by atoms with Gasteiger partial charge in [-0.3, -0.25) is 4.79 Å². The first-order valence-corrected chi connectivity index (χ1v) is 8.32. The smallest absolute Gasteiger partial charge is 0.226 e. The number of amides is 1. The molecular formula is C14H16N2OS2. The van der Waals surface area contributed by atoms with Crippen molar-refractivity contribution in [2.45, 2.75) is 38.5 Å². The van der Waals surface area contributed by atoms with E-state index in [1.807, 2.05) is 11.4 Å². The number of fused-ring (bicyclic) bond motifs is 1. The molecule has 0 radical (unpaired) electrons. The first-order valence-electron chi connectivity index (χ1n) is 6.62. The number of nitrogens with zero attached hydrogens (tertiary/aromatic N) is 1. The van der Waals surface area contributed by atoms with Crippen LogP contribution in [-0.2, 0) is 24.1 Å². The summed E-state index contributed by atoms with van der Waals surface area (Å²) in [5, 5.41) is 5.76. The van der Waals surface area contributed by atoms with Gasteiger partial charge in [0.25, 0.3) is 0 Å². The van der Waals surface area contributed by atoms with E-state index >= 15 is 0 Å². The third-order valence-corrected chi connectivity index (χ3v) is 5.28. The normalized spacial score (nSPS) is 14.1. The molecule has 1 N–H and O–H groups in total. The summed E-state index contributed by atoms with van der Waals surface area (Å²) in [5.41, 5.74) is 1.20. The van der Waals surface area contributed by atoms with Crippen molar-refractivity contribution in [3.63, 3.8) is 0 Å². The molecule has 0 aromatic carbocycles. The summed E-state index contributed by atoms with van der Waals surface area (Å²) in [5.74, 6) is 0.0690. The van der Waals surface area contributed by atoms with Gasteiger partial charge in [-0.2, -0.15) is 0 Å². The summed E-state index contributed by atoms with van der Waals surface area (Å²) < 4.78 is 0. The molecule has 1 aliphatic carbocycles. The van der Waals surface area contributed by atoms with Crippen LogP contribution < -0.4 is 5.32 Å². The van der Waals surface area contributed by atoms with Crippen molar-refractivity contribution in [3.8, 4) is 0 Å². The molecule has 2 aromatic heterocycles. The number of anilines is 1. The van der Waals surface area contributed by atoms with Gasteiger partial charge in [0.1, 0.15) is 0 Å². The van der Waals surface area contributed by atoms with Crippen LogP contribution in [0.1, 0.15) is 34.7 Å². The van der Waals surface area contributed by atoms with Crippen LogP contribution in [-0.4, -0.2) is 10.9 Å². The van der Waals surface area contributed by atoms with Crippen molar-refractivity contribution in [3.05, 3.63) is 33.0 Å². The molecule has 0 unspecified atom stereocenters. The lowest BCUT2D eigenvalue weighted by molar-refractivity contribution is -0.116. The van der Waals surface area contributed by atoms with Crippen molar-refractivity contribution in [1.29, 1.82) is 0 Å². The van der Waals surface area contributed by atoms with Gasteiger partial charge in [-0.05, 0) is 43.6 Å². The molecule has 3 nitrogen and oxygen atoms in total. The fourth-order valence-corrected chi connectivity index (χ4v) is 4.05. The van der Waals surface area contributed by atoms with Crippen LogP contribution in [0.3, 0.4) is 0 Å². The van der Waals surface area contributed by atoms with Crippen LogP contribution in [0.15, 0.2) is 17.5 Å². The number of aryl methyl sites for hydroxylation is 3. The molecule has 0 bridgehead atoms. The number of hydrogen-bond donors (Lipinski definition) is 1. The zero-order valence-electron chi connectivity index (χ0n) is 10.6. The number of rotatable bonds is 4. The zero-order chi connectivity index (χ0) is 13.1. The van der Waals surface area contributed by atoms with E-state index in [1.54, 1.807) is 22.7 Å². The second kappa shape index (κ2) is 5.84. The first kappa shape index (κ1) is 12.8. The Balaban J connectivity index is 1.55. The van der Waals surface area contributed by atoms with Crippen molar-refractivity contribution in [1.82, 2.24) is 4.98 Å². The Bertz CT molecular complexity index is 537. The highest BCUT2D eigenvalue weighted by Crippen LogP contribution is 2.29. The van der Waals surface area contributed by atoms with Gasteiger partial charge in [0.15, 0.2) is 5.13 Å². The number of carbonyl (C=O) groups excluding carboxylic acids is 1. The highest BCUT2D eigenvalue weighted by atomic mass is 32.1. The Hall–Kier alpha value is -1.20. The van der Waals surface area contributed by atoms with Gasteiger partial charge in [0, 0.05) is 16.2 Å². The molecule has 0 atom stereocenters. The van der Waals surface area contributed by atoms with Gasteiger partial charge in [-0.1, -0.05) is 6.07 Å². The summed E-state index contributed by atoms with van der Waals surface area (Å²) in [6.45, 7) is 0. The molecule has 19 heavy (non-hydrogen) atoms. The van der Waals surface area contributed by atoms with E-state index in [0.29, 0.717) is 6.42 Å². The van der Waals surface area contributed by atoms with Crippen LogP contribution >= 0.6 is 22.7 Å². The highest BCUT2D eigenvalue weighted by molar-refractivity contribution is 7.15.